The Morgan fingerprint density at radius 2 is 1.49 bits per heavy atom. The maximum absolute atomic E-state index is 12.4. The lowest BCUT2D eigenvalue weighted by molar-refractivity contribution is -0.123. The Morgan fingerprint density at radius 3 is 2.06 bits per heavy atom. The number of likely N-dealkylation sites (tertiary alicyclic amines) is 1. The fourth-order valence-electron chi connectivity index (χ4n) is 7.00. The SMILES string of the molecule is COc1nc(-c2cccc(-c3cccc(-c4cnc(CN5CCC6(C5)NC(=O)NC6=O)c(OC)n4)c3Cl)c2Cl)cnc1CCC[C@@H]1CCC(=O)N1. The fraction of sp³-hybridized carbons (Fsp3) is 0.361. The maximum atomic E-state index is 12.4. The zero-order valence-electron chi connectivity index (χ0n) is 28.1. The number of nitrogens with one attached hydrogen (secondary N) is 3. The quantitative estimate of drug-likeness (QED) is 0.180. The lowest BCUT2D eigenvalue weighted by Crippen LogP contribution is -2.48. The minimum atomic E-state index is -0.928. The zero-order valence-corrected chi connectivity index (χ0v) is 29.6. The van der Waals surface area contributed by atoms with E-state index in [4.69, 9.17) is 42.6 Å². The second kappa shape index (κ2) is 14.4. The molecule has 2 atom stereocenters. The molecule has 3 fully saturated rings. The molecule has 13 nitrogen and oxygen atoms in total. The first kappa shape index (κ1) is 34.6. The van der Waals surface area contributed by atoms with E-state index >= 15 is 0 Å². The predicted molar refractivity (Wildman–Crippen MR) is 190 cm³/mol. The van der Waals surface area contributed by atoms with Crippen LogP contribution in [0.25, 0.3) is 33.6 Å². The number of amides is 4. The summed E-state index contributed by atoms with van der Waals surface area (Å²) < 4.78 is 11.3. The first-order chi connectivity index (χ1) is 24.7. The molecule has 3 saturated heterocycles. The van der Waals surface area contributed by atoms with Gasteiger partial charge in [0.15, 0.2) is 0 Å². The van der Waals surface area contributed by atoms with Gasteiger partial charge in [-0.1, -0.05) is 59.6 Å². The van der Waals surface area contributed by atoms with Crippen LogP contribution in [0.15, 0.2) is 48.8 Å². The molecule has 2 aromatic heterocycles. The summed E-state index contributed by atoms with van der Waals surface area (Å²) in [7, 11) is 3.10. The van der Waals surface area contributed by atoms with Crippen molar-refractivity contribution in [3.8, 4) is 45.4 Å². The largest absolute Gasteiger partial charge is 0.480 e. The van der Waals surface area contributed by atoms with E-state index in [1.54, 1.807) is 19.5 Å². The monoisotopic (exact) mass is 730 g/mol. The summed E-state index contributed by atoms with van der Waals surface area (Å²) >= 11 is 14.1. The van der Waals surface area contributed by atoms with Gasteiger partial charge >= 0.3 is 6.03 Å². The molecule has 0 saturated carbocycles. The van der Waals surface area contributed by atoms with E-state index in [1.165, 1.54) is 7.11 Å². The van der Waals surface area contributed by atoms with E-state index < -0.39 is 11.6 Å². The molecule has 264 valence electrons. The molecule has 0 radical (unpaired) electrons. The van der Waals surface area contributed by atoms with E-state index in [0.717, 1.165) is 25.0 Å². The Morgan fingerprint density at radius 1 is 0.882 bits per heavy atom. The highest BCUT2D eigenvalue weighted by Gasteiger charge is 2.50. The summed E-state index contributed by atoms with van der Waals surface area (Å²) in [4.78, 5) is 56.6. The van der Waals surface area contributed by atoms with Crippen LogP contribution in [0.2, 0.25) is 10.0 Å². The standard InChI is InChI=1S/C36H36Cl2N8O5/c1-50-32-25(11-3-6-20-12-13-29(47)41-20)39-16-26(42-32)23-9-4-7-21(30(23)37)22-8-5-10-24(31(22)38)27-17-40-28(33(43-27)51-2)18-46-15-14-36(19-46)34(48)44-35(49)45-36/h4-5,7-10,16-17,20H,3,6,11-15,18-19H2,1-2H3,(H,41,47)(H2,44,45,48,49)/t20-,36?/m1/s1. The molecule has 7 rings (SSSR count). The highest BCUT2D eigenvalue weighted by molar-refractivity contribution is 6.39. The maximum Gasteiger partial charge on any atom is 0.322 e. The number of halogens is 2. The number of imide groups is 1. The van der Waals surface area contributed by atoms with Crippen LogP contribution in [-0.4, -0.2) is 81.6 Å². The van der Waals surface area contributed by atoms with Crippen molar-refractivity contribution in [3.05, 3.63) is 70.2 Å². The third kappa shape index (κ3) is 6.93. The summed E-state index contributed by atoms with van der Waals surface area (Å²) in [5.74, 6) is 0.561. The molecule has 51 heavy (non-hydrogen) atoms. The number of urea groups is 1. The van der Waals surface area contributed by atoms with Crippen LogP contribution in [-0.2, 0) is 22.6 Å². The Labute approximate surface area is 304 Å². The van der Waals surface area contributed by atoms with Crippen LogP contribution in [0.4, 0.5) is 4.79 Å². The number of nitrogens with zero attached hydrogens (tertiary/aromatic N) is 5. The van der Waals surface area contributed by atoms with Gasteiger partial charge in [0.2, 0.25) is 17.7 Å². The third-order valence-electron chi connectivity index (χ3n) is 9.64. The van der Waals surface area contributed by atoms with Crippen molar-refractivity contribution < 1.29 is 23.9 Å². The molecule has 15 heteroatoms. The molecule has 0 aliphatic carbocycles. The molecule has 5 heterocycles. The molecular weight excluding hydrogens is 695 g/mol. The Balaban J connectivity index is 1.10. The summed E-state index contributed by atoms with van der Waals surface area (Å²) in [6.45, 7) is 1.33. The molecule has 3 N–H and O–H groups in total. The van der Waals surface area contributed by atoms with Gasteiger partial charge in [-0.15, -0.1) is 0 Å². The van der Waals surface area contributed by atoms with Crippen LogP contribution in [0.3, 0.4) is 0 Å². The average Bonchev–Trinajstić information content (AvgIpc) is 3.82. The first-order valence-electron chi connectivity index (χ1n) is 16.7. The number of carbonyl (C=O) groups excluding carboxylic acids is 3. The molecule has 3 aliphatic heterocycles. The van der Waals surface area contributed by atoms with Gasteiger partial charge in [-0.25, -0.2) is 14.8 Å². The number of ether oxygens (including phenoxy) is 2. The van der Waals surface area contributed by atoms with Gasteiger partial charge < -0.3 is 20.1 Å². The Hall–Kier alpha value is -4.85. The van der Waals surface area contributed by atoms with Crippen LogP contribution in [0.1, 0.15) is 43.5 Å². The second-order valence-electron chi connectivity index (χ2n) is 12.9. The van der Waals surface area contributed by atoms with E-state index in [-0.39, 0.29) is 17.9 Å². The zero-order chi connectivity index (χ0) is 35.7. The van der Waals surface area contributed by atoms with Crippen molar-refractivity contribution >= 4 is 41.0 Å². The molecule has 1 spiro atoms. The smallest absolute Gasteiger partial charge is 0.322 e. The summed E-state index contributed by atoms with van der Waals surface area (Å²) in [6.07, 6.45) is 7.68. The first-order valence-corrected chi connectivity index (χ1v) is 17.5. The van der Waals surface area contributed by atoms with Gasteiger partial charge in [0.05, 0.1) is 48.0 Å². The number of methoxy groups -OCH3 is 2. The third-order valence-corrected chi connectivity index (χ3v) is 10.5. The molecular formula is C36H36Cl2N8O5. The van der Waals surface area contributed by atoms with Gasteiger partial charge in [0.25, 0.3) is 5.91 Å². The lowest BCUT2D eigenvalue weighted by Gasteiger charge is -2.21. The number of hydrogen-bond donors (Lipinski definition) is 3. The van der Waals surface area contributed by atoms with E-state index in [9.17, 15) is 14.4 Å². The molecule has 4 amide bonds. The van der Waals surface area contributed by atoms with Crippen molar-refractivity contribution in [3.63, 3.8) is 0 Å². The number of hydrogen-bond acceptors (Lipinski definition) is 10. The fourth-order valence-corrected chi connectivity index (χ4v) is 7.65. The van der Waals surface area contributed by atoms with Crippen molar-refractivity contribution in [1.82, 2.24) is 40.8 Å². The van der Waals surface area contributed by atoms with Crippen LogP contribution in [0.5, 0.6) is 11.8 Å². The van der Waals surface area contributed by atoms with Gasteiger partial charge in [-0.05, 0) is 32.1 Å². The molecule has 0 bridgehead atoms. The van der Waals surface area contributed by atoms with Crippen molar-refractivity contribution in [1.29, 1.82) is 0 Å². The summed E-state index contributed by atoms with van der Waals surface area (Å²) in [5.41, 5.74) is 4.19. The van der Waals surface area contributed by atoms with Crippen LogP contribution in [0, 0.1) is 0 Å². The van der Waals surface area contributed by atoms with Crippen molar-refractivity contribution in [2.75, 3.05) is 27.3 Å². The summed E-state index contributed by atoms with van der Waals surface area (Å²) in [5, 5.41) is 8.98. The van der Waals surface area contributed by atoms with E-state index in [0.29, 0.717) is 100 Å². The summed E-state index contributed by atoms with van der Waals surface area (Å²) in [6, 6.07) is 11.0. The van der Waals surface area contributed by atoms with E-state index in [1.807, 2.05) is 41.3 Å². The normalized spacial score (nSPS) is 20.1. The van der Waals surface area contributed by atoms with Gasteiger partial charge in [0.1, 0.15) is 16.9 Å². The average molecular weight is 732 g/mol. The second-order valence-corrected chi connectivity index (χ2v) is 13.7. The minimum Gasteiger partial charge on any atom is -0.480 e. The van der Waals surface area contributed by atoms with Crippen LogP contribution < -0.4 is 25.4 Å². The van der Waals surface area contributed by atoms with E-state index in [2.05, 4.69) is 25.9 Å². The topological polar surface area (TPSA) is 161 Å². The molecule has 3 aliphatic rings. The number of benzene rings is 2. The van der Waals surface area contributed by atoms with Gasteiger partial charge in [-0.2, -0.15) is 0 Å². The van der Waals surface area contributed by atoms with Gasteiger partial charge in [0, 0.05) is 54.4 Å². The van der Waals surface area contributed by atoms with Crippen molar-refractivity contribution in [2.24, 2.45) is 0 Å². The molecule has 2 aromatic carbocycles. The number of aryl methyl sites for hydroxylation is 1. The number of carbonyl (C=O) groups is 3. The Kier molecular flexibility index (Phi) is 9.77. The number of aromatic nitrogens is 4. The molecule has 4 aromatic rings. The predicted octanol–water partition coefficient (Wildman–Crippen LogP) is 4.98. The highest BCUT2D eigenvalue weighted by atomic mass is 35.5. The minimum absolute atomic E-state index is 0.112. The van der Waals surface area contributed by atoms with Gasteiger partial charge in [-0.3, -0.25) is 29.8 Å². The van der Waals surface area contributed by atoms with Crippen molar-refractivity contribution in [2.45, 2.75) is 56.7 Å². The lowest BCUT2D eigenvalue weighted by atomic mass is 9.98. The van der Waals surface area contributed by atoms with Crippen LogP contribution >= 0.6 is 23.2 Å². The highest BCUT2D eigenvalue weighted by Crippen LogP contribution is 2.42. The number of rotatable bonds is 11. The molecule has 1 unspecified atom stereocenters. The Bertz CT molecular complexity index is 2030.